The highest BCUT2D eigenvalue weighted by atomic mass is 19.1. The highest BCUT2D eigenvalue weighted by molar-refractivity contribution is 5.94. The maximum atomic E-state index is 14.2. The normalized spacial score (nSPS) is 18.8. The number of hydrogen-bond donors (Lipinski definition) is 0. The van der Waals surface area contributed by atoms with Gasteiger partial charge >= 0.3 is 12.0 Å². The molecule has 1 aliphatic heterocycles. The number of halogens is 1. The van der Waals surface area contributed by atoms with Gasteiger partial charge in [-0.1, -0.05) is 18.2 Å². The van der Waals surface area contributed by atoms with Crippen LogP contribution in [-0.2, 0) is 9.53 Å². The summed E-state index contributed by atoms with van der Waals surface area (Å²) in [6.07, 6.45) is 0. The molecular weight excluding hydrogens is 287 g/mol. The summed E-state index contributed by atoms with van der Waals surface area (Å²) in [5.41, 5.74) is 1.01. The monoisotopic (exact) mass is 306 g/mol. The van der Waals surface area contributed by atoms with Crippen LogP contribution in [0.2, 0.25) is 0 Å². The number of allylic oxidation sites excluding steroid dienone is 1. The zero-order valence-corrected chi connectivity index (χ0v) is 13.1. The zero-order valence-electron chi connectivity index (χ0n) is 13.1. The molecule has 1 aromatic carbocycles. The van der Waals surface area contributed by atoms with Crippen molar-refractivity contribution < 1.29 is 18.7 Å². The van der Waals surface area contributed by atoms with Crippen LogP contribution in [0, 0.1) is 5.82 Å². The molecule has 118 valence electrons. The van der Waals surface area contributed by atoms with Gasteiger partial charge in [0.25, 0.3) is 0 Å². The first-order chi connectivity index (χ1) is 10.4. The van der Waals surface area contributed by atoms with E-state index in [1.54, 1.807) is 46.1 Å². The van der Waals surface area contributed by atoms with Crippen molar-refractivity contribution in [2.75, 3.05) is 20.7 Å². The Kier molecular flexibility index (Phi) is 4.49. The molecule has 0 saturated heterocycles. The van der Waals surface area contributed by atoms with E-state index in [1.165, 1.54) is 15.9 Å². The molecule has 2 rings (SSSR count). The van der Waals surface area contributed by atoms with Crippen molar-refractivity contribution in [3.8, 4) is 0 Å². The molecule has 0 aromatic heterocycles. The van der Waals surface area contributed by atoms with Crippen molar-refractivity contribution in [3.63, 3.8) is 0 Å². The summed E-state index contributed by atoms with van der Waals surface area (Å²) < 4.78 is 19.3. The van der Waals surface area contributed by atoms with Crippen LogP contribution >= 0.6 is 0 Å². The Hall–Kier alpha value is -2.37. The number of likely N-dealkylation sites (N-methyl/N-ethyl adjacent to an activating group) is 1. The topological polar surface area (TPSA) is 49.9 Å². The van der Waals surface area contributed by atoms with Crippen molar-refractivity contribution in [1.29, 1.82) is 0 Å². The summed E-state index contributed by atoms with van der Waals surface area (Å²) in [6, 6.07) is 5.01. The molecule has 1 atom stereocenters. The van der Waals surface area contributed by atoms with Crippen molar-refractivity contribution >= 4 is 12.0 Å². The molecule has 0 spiro atoms. The fraction of sp³-hybridized carbons (Fsp3) is 0.375. The molecule has 0 saturated carbocycles. The first-order valence-corrected chi connectivity index (χ1v) is 7.03. The van der Waals surface area contributed by atoms with Gasteiger partial charge in [-0.2, -0.15) is 0 Å². The van der Waals surface area contributed by atoms with Crippen LogP contribution < -0.4 is 0 Å². The van der Waals surface area contributed by atoms with Gasteiger partial charge in [0.05, 0.1) is 18.2 Å². The van der Waals surface area contributed by atoms with Crippen LogP contribution in [0.3, 0.4) is 0 Å². The Morgan fingerprint density at radius 1 is 1.32 bits per heavy atom. The molecule has 0 fully saturated rings. The predicted molar refractivity (Wildman–Crippen MR) is 79.4 cm³/mol. The van der Waals surface area contributed by atoms with E-state index in [0.29, 0.717) is 5.70 Å². The third kappa shape index (κ3) is 2.56. The SMILES string of the molecule is CCOC(=O)C1=C(C)N(C)C(=O)N(C)[C@H]1c1ccccc1F. The van der Waals surface area contributed by atoms with E-state index < -0.39 is 17.8 Å². The molecule has 0 bridgehead atoms. The summed E-state index contributed by atoms with van der Waals surface area (Å²) in [7, 11) is 3.12. The van der Waals surface area contributed by atoms with Crippen LogP contribution in [0.15, 0.2) is 35.5 Å². The summed E-state index contributed by atoms with van der Waals surface area (Å²) in [6.45, 7) is 3.57. The van der Waals surface area contributed by atoms with Gasteiger partial charge in [-0.3, -0.25) is 0 Å². The standard InChI is InChI=1S/C16H19FN2O3/c1-5-22-15(20)13-10(2)18(3)16(21)19(4)14(13)11-8-6-7-9-12(11)17/h6-9,14H,5H2,1-4H3/t14-/m0/s1. The Balaban J connectivity index is 2.63. The average molecular weight is 306 g/mol. The van der Waals surface area contributed by atoms with E-state index in [4.69, 9.17) is 4.74 Å². The minimum Gasteiger partial charge on any atom is -0.463 e. The maximum Gasteiger partial charge on any atom is 0.338 e. The van der Waals surface area contributed by atoms with E-state index >= 15 is 0 Å². The number of rotatable bonds is 3. The Morgan fingerprint density at radius 3 is 2.55 bits per heavy atom. The molecule has 2 amide bonds. The second-order valence-corrected chi connectivity index (χ2v) is 5.10. The molecule has 5 nitrogen and oxygen atoms in total. The maximum absolute atomic E-state index is 14.2. The summed E-state index contributed by atoms with van der Waals surface area (Å²) >= 11 is 0. The molecule has 0 aliphatic carbocycles. The second-order valence-electron chi connectivity index (χ2n) is 5.10. The number of esters is 1. The van der Waals surface area contributed by atoms with Gasteiger partial charge in [0, 0.05) is 25.4 Å². The van der Waals surface area contributed by atoms with E-state index in [9.17, 15) is 14.0 Å². The first kappa shape index (κ1) is 16.0. The van der Waals surface area contributed by atoms with Gasteiger partial charge in [-0.05, 0) is 19.9 Å². The molecule has 1 aliphatic rings. The number of amides is 2. The summed E-state index contributed by atoms with van der Waals surface area (Å²) in [5, 5.41) is 0. The third-order valence-corrected chi connectivity index (χ3v) is 3.84. The molecule has 0 radical (unpaired) electrons. The molecule has 1 heterocycles. The lowest BCUT2D eigenvalue weighted by molar-refractivity contribution is -0.139. The van der Waals surface area contributed by atoms with Gasteiger partial charge in [0.15, 0.2) is 0 Å². The fourth-order valence-electron chi connectivity index (χ4n) is 2.59. The van der Waals surface area contributed by atoms with Crippen LogP contribution in [-0.4, -0.2) is 42.5 Å². The second kappa shape index (κ2) is 6.17. The Morgan fingerprint density at radius 2 is 1.95 bits per heavy atom. The van der Waals surface area contributed by atoms with Gasteiger partial charge in [-0.15, -0.1) is 0 Å². The number of urea groups is 1. The average Bonchev–Trinajstić information content (AvgIpc) is 2.49. The Bertz CT molecular complexity index is 642. The van der Waals surface area contributed by atoms with Crippen LogP contribution in [0.4, 0.5) is 9.18 Å². The number of hydrogen-bond acceptors (Lipinski definition) is 3. The largest absolute Gasteiger partial charge is 0.463 e. The van der Waals surface area contributed by atoms with Gasteiger partial charge in [-0.25, -0.2) is 14.0 Å². The molecule has 0 unspecified atom stereocenters. The van der Waals surface area contributed by atoms with Gasteiger partial charge < -0.3 is 14.5 Å². The van der Waals surface area contributed by atoms with E-state index in [1.807, 2.05) is 0 Å². The number of benzene rings is 1. The molecule has 6 heteroatoms. The molecule has 22 heavy (non-hydrogen) atoms. The minimum absolute atomic E-state index is 0.209. The van der Waals surface area contributed by atoms with Crippen molar-refractivity contribution in [3.05, 3.63) is 46.9 Å². The predicted octanol–water partition coefficient (Wildman–Crippen LogP) is 2.70. The van der Waals surface area contributed by atoms with E-state index in [2.05, 4.69) is 0 Å². The summed E-state index contributed by atoms with van der Waals surface area (Å²) in [4.78, 5) is 27.3. The van der Waals surface area contributed by atoms with Gasteiger partial charge in [0.1, 0.15) is 5.82 Å². The lowest BCUT2D eigenvalue weighted by Gasteiger charge is -2.39. The number of nitrogens with zero attached hydrogens (tertiary/aromatic N) is 2. The molecule has 0 N–H and O–H groups in total. The van der Waals surface area contributed by atoms with Crippen LogP contribution in [0.25, 0.3) is 0 Å². The lowest BCUT2D eigenvalue weighted by atomic mass is 9.93. The van der Waals surface area contributed by atoms with Crippen molar-refractivity contribution in [2.24, 2.45) is 0 Å². The number of carbonyl (C=O) groups is 2. The highest BCUT2D eigenvalue weighted by Crippen LogP contribution is 2.37. The third-order valence-electron chi connectivity index (χ3n) is 3.84. The van der Waals surface area contributed by atoms with E-state index in [0.717, 1.165) is 0 Å². The Labute approximate surface area is 129 Å². The molecular formula is C16H19FN2O3. The quantitative estimate of drug-likeness (QED) is 0.807. The van der Waals surface area contributed by atoms with Crippen LogP contribution in [0.5, 0.6) is 0 Å². The highest BCUT2D eigenvalue weighted by Gasteiger charge is 2.40. The smallest absolute Gasteiger partial charge is 0.338 e. The number of carbonyl (C=O) groups excluding carboxylic acids is 2. The van der Waals surface area contributed by atoms with Gasteiger partial charge in [0.2, 0.25) is 0 Å². The first-order valence-electron chi connectivity index (χ1n) is 7.03. The minimum atomic E-state index is -0.802. The molecule has 1 aromatic rings. The fourth-order valence-corrected chi connectivity index (χ4v) is 2.59. The number of ether oxygens (including phenoxy) is 1. The summed E-state index contributed by atoms with van der Waals surface area (Å²) in [5.74, 6) is -1.01. The van der Waals surface area contributed by atoms with Crippen LogP contribution in [0.1, 0.15) is 25.5 Å². The lowest BCUT2D eigenvalue weighted by Crippen LogP contribution is -2.47. The zero-order chi connectivity index (χ0) is 16.4. The van der Waals surface area contributed by atoms with E-state index in [-0.39, 0.29) is 23.8 Å². The van der Waals surface area contributed by atoms with Crippen molar-refractivity contribution in [1.82, 2.24) is 9.80 Å². The van der Waals surface area contributed by atoms with Crippen molar-refractivity contribution in [2.45, 2.75) is 19.9 Å².